The van der Waals surface area contributed by atoms with Crippen LogP contribution in [0, 0.1) is 0 Å². The molecule has 1 aromatic rings. The SMILES string of the molecule is CNC(CS)c1ccc2c(c1)CCC(=O)N2C. The van der Waals surface area contributed by atoms with Gasteiger partial charge in [-0.05, 0) is 30.7 Å². The molecule has 1 N–H and O–H groups in total. The molecule has 0 saturated heterocycles. The summed E-state index contributed by atoms with van der Waals surface area (Å²) in [5.41, 5.74) is 3.54. The van der Waals surface area contributed by atoms with Crippen LogP contribution in [0.15, 0.2) is 18.2 Å². The summed E-state index contributed by atoms with van der Waals surface area (Å²) >= 11 is 4.34. The lowest BCUT2D eigenvalue weighted by molar-refractivity contribution is -0.118. The summed E-state index contributed by atoms with van der Waals surface area (Å²) in [6.07, 6.45) is 1.45. The Balaban J connectivity index is 2.35. The van der Waals surface area contributed by atoms with Gasteiger partial charge in [0.15, 0.2) is 0 Å². The third-order valence-corrected chi connectivity index (χ3v) is 3.75. The Bertz CT molecular complexity index is 429. The number of fused-ring (bicyclic) bond motifs is 1. The second kappa shape index (κ2) is 5.10. The summed E-state index contributed by atoms with van der Waals surface area (Å²) in [7, 11) is 3.78. The van der Waals surface area contributed by atoms with Gasteiger partial charge in [0.25, 0.3) is 0 Å². The number of amides is 1. The van der Waals surface area contributed by atoms with Crippen molar-refractivity contribution in [2.75, 3.05) is 24.7 Å². The van der Waals surface area contributed by atoms with E-state index in [1.807, 2.05) is 20.2 Å². The molecule has 2 rings (SSSR count). The number of thiol groups is 1. The van der Waals surface area contributed by atoms with Crippen LogP contribution in [-0.4, -0.2) is 25.8 Å². The van der Waals surface area contributed by atoms with E-state index < -0.39 is 0 Å². The highest BCUT2D eigenvalue weighted by molar-refractivity contribution is 7.80. The monoisotopic (exact) mass is 250 g/mol. The van der Waals surface area contributed by atoms with Crippen molar-refractivity contribution in [3.63, 3.8) is 0 Å². The van der Waals surface area contributed by atoms with Gasteiger partial charge in [0, 0.05) is 31.0 Å². The molecule has 1 atom stereocenters. The highest BCUT2D eigenvalue weighted by Gasteiger charge is 2.21. The summed E-state index contributed by atoms with van der Waals surface area (Å²) in [6.45, 7) is 0. The largest absolute Gasteiger partial charge is 0.315 e. The fourth-order valence-electron chi connectivity index (χ4n) is 2.26. The molecule has 1 aliphatic rings. The summed E-state index contributed by atoms with van der Waals surface area (Å²) in [6, 6.07) is 6.57. The van der Waals surface area contributed by atoms with Gasteiger partial charge < -0.3 is 10.2 Å². The van der Waals surface area contributed by atoms with Gasteiger partial charge in [-0.1, -0.05) is 12.1 Å². The average molecular weight is 250 g/mol. The number of hydrogen-bond acceptors (Lipinski definition) is 3. The van der Waals surface area contributed by atoms with Crippen LogP contribution in [0.1, 0.15) is 23.6 Å². The molecule has 0 aromatic heterocycles. The van der Waals surface area contributed by atoms with E-state index in [0.717, 1.165) is 17.9 Å². The zero-order valence-electron chi connectivity index (χ0n) is 10.2. The fraction of sp³-hybridized carbons (Fsp3) is 0.462. The Labute approximate surface area is 108 Å². The van der Waals surface area contributed by atoms with Gasteiger partial charge in [-0.25, -0.2) is 0 Å². The third-order valence-electron chi connectivity index (χ3n) is 3.38. The second-order valence-corrected chi connectivity index (χ2v) is 4.73. The maximum Gasteiger partial charge on any atom is 0.227 e. The molecule has 0 aliphatic carbocycles. The van der Waals surface area contributed by atoms with Crippen LogP contribution < -0.4 is 10.2 Å². The van der Waals surface area contributed by atoms with Crippen molar-refractivity contribution < 1.29 is 4.79 Å². The van der Waals surface area contributed by atoms with Crippen molar-refractivity contribution in [1.82, 2.24) is 5.32 Å². The van der Waals surface area contributed by atoms with E-state index in [0.29, 0.717) is 6.42 Å². The minimum Gasteiger partial charge on any atom is -0.315 e. The first-order chi connectivity index (χ1) is 8.17. The van der Waals surface area contributed by atoms with E-state index in [1.54, 1.807) is 4.90 Å². The van der Waals surface area contributed by atoms with Crippen LogP contribution >= 0.6 is 12.6 Å². The number of nitrogens with one attached hydrogen (secondary N) is 1. The highest BCUT2D eigenvalue weighted by Crippen LogP contribution is 2.29. The first-order valence-corrected chi connectivity index (χ1v) is 6.48. The molecular formula is C13H18N2OS. The average Bonchev–Trinajstić information content (AvgIpc) is 2.35. The molecule has 1 aromatic carbocycles. The van der Waals surface area contributed by atoms with Crippen LogP contribution in [-0.2, 0) is 11.2 Å². The van der Waals surface area contributed by atoms with Crippen molar-refractivity contribution in [3.8, 4) is 0 Å². The molecule has 0 fully saturated rings. The Morgan fingerprint density at radius 3 is 2.88 bits per heavy atom. The second-order valence-electron chi connectivity index (χ2n) is 4.36. The Morgan fingerprint density at radius 2 is 2.24 bits per heavy atom. The summed E-state index contributed by atoms with van der Waals surface area (Å²) < 4.78 is 0. The predicted molar refractivity (Wildman–Crippen MR) is 73.8 cm³/mol. The number of carbonyl (C=O) groups is 1. The Kier molecular flexibility index (Phi) is 3.74. The van der Waals surface area contributed by atoms with Crippen LogP contribution in [0.3, 0.4) is 0 Å². The normalized spacial score (nSPS) is 16.9. The number of aryl methyl sites for hydroxylation is 1. The zero-order valence-corrected chi connectivity index (χ0v) is 11.1. The lowest BCUT2D eigenvalue weighted by Crippen LogP contribution is -2.31. The van der Waals surface area contributed by atoms with Gasteiger partial charge in [0.1, 0.15) is 0 Å². The molecule has 1 amide bonds. The number of rotatable bonds is 3. The standard InChI is InChI=1S/C13H18N2OS/c1-14-11(8-17)9-3-5-12-10(7-9)4-6-13(16)15(12)2/h3,5,7,11,14,17H,4,6,8H2,1-2H3. The molecule has 1 unspecified atom stereocenters. The maximum atomic E-state index is 11.6. The van der Waals surface area contributed by atoms with Gasteiger partial charge in [-0.2, -0.15) is 12.6 Å². The maximum absolute atomic E-state index is 11.6. The van der Waals surface area contributed by atoms with Gasteiger partial charge in [0.2, 0.25) is 5.91 Å². The molecule has 1 heterocycles. The van der Waals surface area contributed by atoms with Crippen LogP contribution in [0.4, 0.5) is 5.69 Å². The van der Waals surface area contributed by atoms with Crippen molar-refractivity contribution in [2.24, 2.45) is 0 Å². The minimum atomic E-state index is 0.199. The van der Waals surface area contributed by atoms with Gasteiger partial charge >= 0.3 is 0 Å². The first-order valence-electron chi connectivity index (χ1n) is 5.85. The Morgan fingerprint density at radius 1 is 1.47 bits per heavy atom. The number of carbonyl (C=O) groups excluding carboxylic acids is 1. The van der Waals surface area contributed by atoms with Crippen molar-refractivity contribution in [3.05, 3.63) is 29.3 Å². The van der Waals surface area contributed by atoms with E-state index in [4.69, 9.17) is 0 Å². The smallest absolute Gasteiger partial charge is 0.227 e. The number of nitrogens with zero attached hydrogens (tertiary/aromatic N) is 1. The van der Waals surface area contributed by atoms with Crippen molar-refractivity contribution >= 4 is 24.2 Å². The molecule has 0 saturated carbocycles. The van der Waals surface area contributed by atoms with E-state index in [9.17, 15) is 4.79 Å². The number of hydrogen-bond donors (Lipinski definition) is 2. The topological polar surface area (TPSA) is 32.3 Å². The molecule has 0 radical (unpaired) electrons. The van der Waals surface area contributed by atoms with E-state index in [2.05, 4.69) is 30.1 Å². The first kappa shape index (κ1) is 12.5. The highest BCUT2D eigenvalue weighted by atomic mass is 32.1. The molecule has 17 heavy (non-hydrogen) atoms. The third kappa shape index (κ3) is 2.33. The quantitative estimate of drug-likeness (QED) is 0.802. The molecule has 1 aliphatic heterocycles. The van der Waals surface area contributed by atoms with E-state index in [1.165, 1.54) is 11.1 Å². The van der Waals surface area contributed by atoms with Crippen LogP contribution in [0.25, 0.3) is 0 Å². The van der Waals surface area contributed by atoms with Crippen LogP contribution in [0.2, 0.25) is 0 Å². The van der Waals surface area contributed by atoms with Gasteiger partial charge in [0.05, 0.1) is 0 Å². The van der Waals surface area contributed by atoms with Gasteiger partial charge in [-0.3, -0.25) is 4.79 Å². The Hall–Kier alpha value is -1.00. The summed E-state index contributed by atoms with van der Waals surface area (Å²) in [5.74, 6) is 0.967. The molecule has 4 heteroatoms. The summed E-state index contributed by atoms with van der Waals surface area (Å²) in [5, 5.41) is 3.24. The number of benzene rings is 1. The number of anilines is 1. The minimum absolute atomic E-state index is 0.199. The van der Waals surface area contributed by atoms with Gasteiger partial charge in [-0.15, -0.1) is 0 Å². The zero-order chi connectivity index (χ0) is 12.4. The lowest BCUT2D eigenvalue weighted by Gasteiger charge is -2.27. The molecule has 0 spiro atoms. The molecule has 3 nitrogen and oxygen atoms in total. The lowest BCUT2D eigenvalue weighted by atomic mass is 9.97. The van der Waals surface area contributed by atoms with Crippen molar-refractivity contribution in [2.45, 2.75) is 18.9 Å². The molecule has 92 valence electrons. The van der Waals surface area contributed by atoms with Crippen LogP contribution in [0.5, 0.6) is 0 Å². The van der Waals surface area contributed by atoms with E-state index in [-0.39, 0.29) is 11.9 Å². The predicted octanol–water partition coefficient (Wildman–Crippen LogP) is 1.79. The fourth-order valence-corrected chi connectivity index (χ4v) is 2.65. The molecule has 0 bridgehead atoms. The van der Waals surface area contributed by atoms with Crippen molar-refractivity contribution in [1.29, 1.82) is 0 Å². The summed E-state index contributed by atoms with van der Waals surface area (Å²) in [4.78, 5) is 13.3. The molecular weight excluding hydrogens is 232 g/mol. The van der Waals surface area contributed by atoms with E-state index >= 15 is 0 Å².